The van der Waals surface area contributed by atoms with E-state index >= 15 is 0 Å². The lowest BCUT2D eigenvalue weighted by Crippen LogP contribution is -1.97. The molecule has 16 heavy (non-hydrogen) atoms. The highest BCUT2D eigenvalue weighted by Crippen LogP contribution is 2.02. The number of rotatable bonds is 2. The van der Waals surface area contributed by atoms with Crippen molar-refractivity contribution in [3.05, 3.63) is 35.4 Å². The lowest BCUT2D eigenvalue weighted by Gasteiger charge is -1.93. The van der Waals surface area contributed by atoms with E-state index in [9.17, 15) is 9.59 Å². The Bertz CT molecular complexity index is 448. The third kappa shape index (κ3) is 3.46. The van der Waals surface area contributed by atoms with Crippen LogP contribution < -0.4 is 0 Å². The molecule has 0 aromatic heterocycles. The standard InChI is InChI=1S/C12H10O4/c1-16-11(13)4-2-3-9-5-7-10(8-6-9)12(14)15/h5-8H,4H2,1H3,(H,14,15). The van der Waals surface area contributed by atoms with Crippen molar-refractivity contribution in [2.75, 3.05) is 7.11 Å². The molecule has 0 heterocycles. The summed E-state index contributed by atoms with van der Waals surface area (Å²) in [6.07, 6.45) is 0.0250. The molecule has 0 radical (unpaired) electrons. The van der Waals surface area contributed by atoms with Gasteiger partial charge in [0.05, 0.1) is 12.7 Å². The molecular weight excluding hydrogens is 208 g/mol. The minimum Gasteiger partial charge on any atom is -0.478 e. The van der Waals surface area contributed by atoms with Crippen LogP contribution in [0.3, 0.4) is 0 Å². The number of aromatic carboxylic acids is 1. The minimum absolute atomic E-state index is 0.0250. The van der Waals surface area contributed by atoms with Crippen molar-refractivity contribution in [2.24, 2.45) is 0 Å². The second-order valence-corrected chi connectivity index (χ2v) is 2.94. The van der Waals surface area contributed by atoms with E-state index in [0.717, 1.165) is 0 Å². The summed E-state index contributed by atoms with van der Waals surface area (Å²) in [5, 5.41) is 8.66. The maximum Gasteiger partial charge on any atom is 0.335 e. The Labute approximate surface area is 92.9 Å². The molecule has 1 aromatic carbocycles. The van der Waals surface area contributed by atoms with Crippen LogP contribution in [0.15, 0.2) is 24.3 Å². The number of methoxy groups -OCH3 is 1. The first-order valence-corrected chi connectivity index (χ1v) is 4.52. The lowest BCUT2D eigenvalue weighted by atomic mass is 10.1. The summed E-state index contributed by atoms with van der Waals surface area (Å²) >= 11 is 0. The van der Waals surface area contributed by atoms with Crippen molar-refractivity contribution in [1.82, 2.24) is 0 Å². The highest BCUT2D eigenvalue weighted by molar-refractivity contribution is 5.87. The molecule has 0 aliphatic carbocycles. The van der Waals surface area contributed by atoms with E-state index in [1.54, 1.807) is 12.1 Å². The van der Waals surface area contributed by atoms with Gasteiger partial charge in [-0.2, -0.15) is 0 Å². The molecule has 1 aromatic rings. The predicted molar refractivity (Wildman–Crippen MR) is 56.9 cm³/mol. The lowest BCUT2D eigenvalue weighted by molar-refractivity contribution is -0.139. The number of esters is 1. The Morgan fingerprint density at radius 1 is 1.31 bits per heavy atom. The number of ether oxygens (including phenoxy) is 1. The van der Waals surface area contributed by atoms with Gasteiger partial charge in [0.1, 0.15) is 6.42 Å². The fourth-order valence-electron chi connectivity index (χ4n) is 0.987. The number of carboxylic acids is 1. The second-order valence-electron chi connectivity index (χ2n) is 2.94. The topological polar surface area (TPSA) is 63.6 Å². The van der Waals surface area contributed by atoms with E-state index in [-0.39, 0.29) is 12.0 Å². The van der Waals surface area contributed by atoms with E-state index in [1.165, 1.54) is 19.2 Å². The average Bonchev–Trinajstić information content (AvgIpc) is 2.29. The van der Waals surface area contributed by atoms with Crippen LogP contribution in [0.1, 0.15) is 22.3 Å². The molecule has 0 aliphatic rings. The van der Waals surface area contributed by atoms with Crippen LogP contribution in [0, 0.1) is 11.8 Å². The minimum atomic E-state index is -0.978. The van der Waals surface area contributed by atoms with Crippen molar-refractivity contribution in [3.8, 4) is 11.8 Å². The fourth-order valence-corrected chi connectivity index (χ4v) is 0.987. The van der Waals surface area contributed by atoms with E-state index < -0.39 is 11.9 Å². The quantitative estimate of drug-likeness (QED) is 0.600. The monoisotopic (exact) mass is 218 g/mol. The van der Waals surface area contributed by atoms with Crippen molar-refractivity contribution in [1.29, 1.82) is 0 Å². The second kappa shape index (κ2) is 5.56. The first kappa shape index (κ1) is 11.8. The first-order valence-electron chi connectivity index (χ1n) is 4.52. The summed E-state index contributed by atoms with van der Waals surface area (Å²) in [6.45, 7) is 0. The molecule has 4 nitrogen and oxygen atoms in total. The SMILES string of the molecule is COC(=O)CC#Cc1ccc(C(=O)O)cc1. The number of benzene rings is 1. The normalized spacial score (nSPS) is 8.81. The smallest absolute Gasteiger partial charge is 0.335 e. The Hall–Kier alpha value is -2.28. The Morgan fingerprint density at radius 3 is 2.44 bits per heavy atom. The van der Waals surface area contributed by atoms with Crippen LogP contribution in [0.5, 0.6) is 0 Å². The Kier molecular flexibility index (Phi) is 4.10. The van der Waals surface area contributed by atoms with E-state index in [0.29, 0.717) is 5.56 Å². The van der Waals surface area contributed by atoms with Crippen LogP contribution in [0.2, 0.25) is 0 Å². The van der Waals surface area contributed by atoms with E-state index in [1.807, 2.05) is 0 Å². The molecule has 0 atom stereocenters. The third-order valence-corrected chi connectivity index (χ3v) is 1.82. The maximum absolute atomic E-state index is 10.7. The van der Waals surface area contributed by atoms with Gasteiger partial charge in [0.2, 0.25) is 0 Å². The first-order chi connectivity index (χ1) is 7.63. The van der Waals surface area contributed by atoms with Gasteiger partial charge in [-0.15, -0.1) is 0 Å². The molecule has 0 amide bonds. The van der Waals surface area contributed by atoms with E-state index in [2.05, 4.69) is 16.6 Å². The number of carboxylic acid groups (broad SMARTS) is 1. The van der Waals surface area contributed by atoms with Gasteiger partial charge in [-0.1, -0.05) is 11.8 Å². The number of carbonyl (C=O) groups is 2. The summed E-state index contributed by atoms with van der Waals surface area (Å²) in [7, 11) is 1.30. The zero-order chi connectivity index (χ0) is 12.0. The van der Waals surface area contributed by atoms with Crippen molar-refractivity contribution in [2.45, 2.75) is 6.42 Å². The summed E-state index contributed by atoms with van der Waals surface area (Å²) < 4.78 is 4.42. The molecule has 1 rings (SSSR count). The molecule has 0 spiro atoms. The highest BCUT2D eigenvalue weighted by atomic mass is 16.5. The van der Waals surface area contributed by atoms with Crippen LogP contribution in [0.25, 0.3) is 0 Å². The third-order valence-electron chi connectivity index (χ3n) is 1.82. The average molecular weight is 218 g/mol. The predicted octanol–water partition coefficient (Wildman–Crippen LogP) is 1.30. The van der Waals surface area contributed by atoms with Crippen LogP contribution >= 0.6 is 0 Å². The van der Waals surface area contributed by atoms with Crippen LogP contribution in [-0.2, 0) is 9.53 Å². The molecule has 0 saturated heterocycles. The van der Waals surface area contributed by atoms with Gasteiger partial charge >= 0.3 is 11.9 Å². The Morgan fingerprint density at radius 2 is 1.94 bits per heavy atom. The van der Waals surface area contributed by atoms with Gasteiger partial charge in [0.15, 0.2) is 0 Å². The summed E-state index contributed by atoms with van der Waals surface area (Å²) in [4.78, 5) is 21.3. The number of hydrogen-bond donors (Lipinski definition) is 1. The number of hydrogen-bond acceptors (Lipinski definition) is 3. The summed E-state index contributed by atoms with van der Waals surface area (Å²) in [5.41, 5.74) is 0.868. The zero-order valence-corrected chi connectivity index (χ0v) is 8.69. The van der Waals surface area contributed by atoms with Crippen molar-refractivity contribution < 1.29 is 19.4 Å². The molecule has 0 unspecified atom stereocenters. The highest BCUT2D eigenvalue weighted by Gasteiger charge is 2.00. The summed E-state index contributed by atoms with van der Waals surface area (Å²) in [6, 6.07) is 6.11. The molecule has 4 heteroatoms. The van der Waals surface area contributed by atoms with Crippen LogP contribution in [-0.4, -0.2) is 24.2 Å². The largest absolute Gasteiger partial charge is 0.478 e. The van der Waals surface area contributed by atoms with Gasteiger partial charge in [0, 0.05) is 5.56 Å². The molecule has 0 saturated carbocycles. The van der Waals surface area contributed by atoms with Crippen LogP contribution in [0.4, 0.5) is 0 Å². The van der Waals surface area contributed by atoms with Crippen molar-refractivity contribution >= 4 is 11.9 Å². The molecule has 0 aliphatic heterocycles. The summed E-state index contributed by atoms with van der Waals surface area (Å²) in [5.74, 6) is 3.99. The molecular formula is C12H10O4. The molecule has 82 valence electrons. The molecule has 1 N–H and O–H groups in total. The van der Waals surface area contributed by atoms with Crippen molar-refractivity contribution in [3.63, 3.8) is 0 Å². The number of carbonyl (C=O) groups excluding carboxylic acids is 1. The fraction of sp³-hybridized carbons (Fsp3) is 0.167. The van der Waals surface area contributed by atoms with Gasteiger partial charge in [-0.25, -0.2) is 4.79 Å². The van der Waals surface area contributed by atoms with Gasteiger partial charge in [0.25, 0.3) is 0 Å². The Balaban J connectivity index is 2.68. The molecule has 0 fully saturated rings. The molecule has 0 bridgehead atoms. The zero-order valence-electron chi connectivity index (χ0n) is 8.69. The van der Waals surface area contributed by atoms with Gasteiger partial charge in [-0.05, 0) is 24.3 Å². The van der Waals surface area contributed by atoms with E-state index in [4.69, 9.17) is 5.11 Å². The van der Waals surface area contributed by atoms with Gasteiger partial charge in [-0.3, -0.25) is 4.79 Å². The maximum atomic E-state index is 10.7. The van der Waals surface area contributed by atoms with Gasteiger partial charge < -0.3 is 9.84 Å².